The number of benzene rings is 3. The topological polar surface area (TPSA) is 94.2 Å². The molecule has 0 spiro atoms. The summed E-state index contributed by atoms with van der Waals surface area (Å²) in [5, 5.41) is 0. The Hall–Kier alpha value is -3.98. The zero-order valence-electron chi connectivity index (χ0n) is 19.8. The number of likely N-dealkylation sites (N-methyl/N-ethyl adjacent to an activating group) is 1. The van der Waals surface area contributed by atoms with E-state index in [1.165, 1.54) is 23.1 Å². The van der Waals surface area contributed by atoms with Crippen molar-refractivity contribution < 1.29 is 27.4 Å². The summed E-state index contributed by atoms with van der Waals surface area (Å²) in [6.07, 6.45) is 3.07. The Morgan fingerprint density at radius 2 is 1.40 bits per heavy atom. The van der Waals surface area contributed by atoms with E-state index in [4.69, 9.17) is 14.2 Å². The smallest absolute Gasteiger partial charge is 0.261 e. The Kier molecular flexibility index (Phi) is 8.74. The number of hydrogen-bond acceptors (Lipinski definition) is 6. The molecular formula is C26H28N2O6S. The number of carbonyl (C=O) groups is 1. The normalized spacial score (nSPS) is 11.2. The number of nitrogens with one attached hydrogen (secondary N) is 1. The van der Waals surface area contributed by atoms with E-state index in [1.54, 1.807) is 88.0 Å². The summed E-state index contributed by atoms with van der Waals surface area (Å²) < 4.78 is 43.6. The first-order chi connectivity index (χ1) is 16.8. The van der Waals surface area contributed by atoms with Crippen LogP contribution in [0.5, 0.6) is 17.2 Å². The minimum Gasteiger partial charge on any atom is -0.497 e. The first kappa shape index (κ1) is 25.6. The quantitative estimate of drug-likeness (QED) is 0.403. The molecular weight excluding hydrogens is 468 g/mol. The monoisotopic (exact) mass is 496 g/mol. The fraction of sp³-hybridized carbons (Fsp3) is 0.192. The van der Waals surface area contributed by atoms with Crippen LogP contribution in [0.1, 0.15) is 5.56 Å². The summed E-state index contributed by atoms with van der Waals surface area (Å²) in [5.74, 6) is 1.88. The third kappa shape index (κ3) is 7.51. The number of ether oxygens (including phenoxy) is 3. The van der Waals surface area contributed by atoms with Crippen molar-refractivity contribution in [3.8, 4) is 17.2 Å². The van der Waals surface area contributed by atoms with Gasteiger partial charge in [0.15, 0.2) is 0 Å². The van der Waals surface area contributed by atoms with E-state index in [1.807, 2.05) is 0 Å². The maximum absolute atomic E-state index is 12.6. The molecule has 35 heavy (non-hydrogen) atoms. The van der Waals surface area contributed by atoms with Gasteiger partial charge in [-0.25, -0.2) is 8.42 Å². The molecule has 1 N–H and O–H groups in total. The van der Waals surface area contributed by atoms with Gasteiger partial charge in [-0.1, -0.05) is 12.1 Å². The van der Waals surface area contributed by atoms with Crippen LogP contribution >= 0.6 is 0 Å². The molecule has 0 aliphatic carbocycles. The number of carbonyl (C=O) groups excluding carboxylic acids is 1. The van der Waals surface area contributed by atoms with E-state index in [2.05, 4.69) is 4.72 Å². The molecule has 3 aromatic carbocycles. The van der Waals surface area contributed by atoms with Crippen LogP contribution in [0.4, 0.5) is 5.69 Å². The van der Waals surface area contributed by atoms with Crippen LogP contribution in [0.3, 0.4) is 0 Å². The lowest BCUT2D eigenvalue weighted by Crippen LogP contribution is -2.29. The van der Waals surface area contributed by atoms with Crippen molar-refractivity contribution in [3.05, 3.63) is 84.4 Å². The van der Waals surface area contributed by atoms with Crippen molar-refractivity contribution in [2.45, 2.75) is 4.90 Å². The second-order valence-electron chi connectivity index (χ2n) is 7.52. The molecule has 0 atom stereocenters. The lowest BCUT2D eigenvalue weighted by atomic mass is 10.2. The van der Waals surface area contributed by atoms with Crippen LogP contribution in [0.15, 0.2) is 83.8 Å². The van der Waals surface area contributed by atoms with Gasteiger partial charge in [0, 0.05) is 18.8 Å². The van der Waals surface area contributed by atoms with Crippen LogP contribution in [-0.2, 0) is 14.8 Å². The Bertz CT molecular complexity index is 1240. The van der Waals surface area contributed by atoms with Gasteiger partial charge in [-0.05, 0) is 72.3 Å². The summed E-state index contributed by atoms with van der Waals surface area (Å²) >= 11 is 0. The molecule has 0 radical (unpaired) electrons. The van der Waals surface area contributed by atoms with E-state index >= 15 is 0 Å². The Balaban J connectivity index is 1.51. The van der Waals surface area contributed by atoms with E-state index in [0.29, 0.717) is 35.9 Å². The van der Waals surface area contributed by atoms with Gasteiger partial charge in [-0.15, -0.1) is 0 Å². The highest BCUT2D eigenvalue weighted by molar-refractivity contribution is 7.92. The number of nitrogens with zero attached hydrogens (tertiary/aromatic N) is 1. The number of sulfonamides is 1. The second kappa shape index (κ2) is 11.9. The Labute approximate surface area is 205 Å². The zero-order chi connectivity index (χ0) is 25.3. The molecule has 0 saturated carbocycles. The van der Waals surface area contributed by atoms with Crippen molar-refractivity contribution in [1.29, 1.82) is 0 Å². The van der Waals surface area contributed by atoms with Crippen LogP contribution in [0.25, 0.3) is 6.08 Å². The van der Waals surface area contributed by atoms with Crippen LogP contribution < -0.4 is 18.9 Å². The minimum atomic E-state index is -3.74. The van der Waals surface area contributed by atoms with Gasteiger partial charge >= 0.3 is 0 Å². The molecule has 3 rings (SSSR count). The minimum absolute atomic E-state index is 0.115. The van der Waals surface area contributed by atoms with Gasteiger partial charge < -0.3 is 19.1 Å². The molecule has 0 unspecified atom stereocenters. The van der Waals surface area contributed by atoms with Crippen molar-refractivity contribution in [1.82, 2.24) is 4.90 Å². The van der Waals surface area contributed by atoms with Crippen LogP contribution in [0, 0.1) is 0 Å². The maximum atomic E-state index is 12.6. The summed E-state index contributed by atoms with van der Waals surface area (Å²) in [5.41, 5.74) is 1.13. The summed E-state index contributed by atoms with van der Waals surface area (Å²) in [6, 6.07) is 20.1. The predicted molar refractivity (Wildman–Crippen MR) is 135 cm³/mol. The van der Waals surface area contributed by atoms with E-state index in [9.17, 15) is 13.2 Å². The van der Waals surface area contributed by atoms with Gasteiger partial charge in [0.05, 0.1) is 25.7 Å². The van der Waals surface area contributed by atoms with E-state index in [-0.39, 0.29) is 10.8 Å². The molecule has 0 saturated heterocycles. The van der Waals surface area contributed by atoms with Gasteiger partial charge in [0.25, 0.3) is 10.0 Å². The largest absolute Gasteiger partial charge is 0.497 e. The van der Waals surface area contributed by atoms with Gasteiger partial charge in [0.1, 0.15) is 23.9 Å². The van der Waals surface area contributed by atoms with Gasteiger partial charge in [-0.3, -0.25) is 9.52 Å². The zero-order valence-corrected chi connectivity index (χ0v) is 20.6. The fourth-order valence-corrected chi connectivity index (χ4v) is 4.07. The lowest BCUT2D eigenvalue weighted by Gasteiger charge is -2.15. The predicted octanol–water partition coefficient (Wildman–Crippen LogP) is 4.06. The van der Waals surface area contributed by atoms with Crippen molar-refractivity contribution in [2.24, 2.45) is 0 Å². The highest BCUT2D eigenvalue weighted by atomic mass is 32.2. The second-order valence-corrected chi connectivity index (χ2v) is 9.20. The Morgan fingerprint density at radius 1 is 0.857 bits per heavy atom. The molecule has 8 nitrogen and oxygen atoms in total. The number of hydrogen-bond donors (Lipinski definition) is 1. The van der Waals surface area contributed by atoms with Crippen LogP contribution in [0.2, 0.25) is 0 Å². The molecule has 9 heteroatoms. The first-order valence-electron chi connectivity index (χ1n) is 10.8. The fourth-order valence-electron chi connectivity index (χ4n) is 3.01. The van der Waals surface area contributed by atoms with Crippen molar-refractivity contribution >= 4 is 27.7 Å². The molecule has 1 amide bonds. The number of rotatable bonds is 11. The van der Waals surface area contributed by atoms with E-state index in [0.717, 1.165) is 5.75 Å². The molecule has 3 aromatic rings. The highest BCUT2D eigenvalue weighted by Crippen LogP contribution is 2.20. The highest BCUT2D eigenvalue weighted by Gasteiger charge is 2.14. The molecule has 0 heterocycles. The number of methoxy groups -OCH3 is 2. The summed E-state index contributed by atoms with van der Waals surface area (Å²) in [4.78, 5) is 14.0. The Morgan fingerprint density at radius 3 is 1.97 bits per heavy atom. The van der Waals surface area contributed by atoms with Crippen molar-refractivity contribution in [2.75, 3.05) is 39.1 Å². The average molecular weight is 497 g/mol. The SMILES string of the molecule is COc1ccc(NS(=O)(=O)c2ccc(C=CC(=O)N(C)CCOc3ccc(OC)cc3)cc2)cc1. The molecule has 0 aliphatic heterocycles. The van der Waals surface area contributed by atoms with E-state index < -0.39 is 10.0 Å². The number of amides is 1. The number of anilines is 1. The summed E-state index contributed by atoms with van der Waals surface area (Å²) in [6.45, 7) is 0.750. The maximum Gasteiger partial charge on any atom is 0.261 e. The molecule has 0 aromatic heterocycles. The molecule has 0 bridgehead atoms. The first-order valence-corrected chi connectivity index (χ1v) is 12.3. The van der Waals surface area contributed by atoms with Gasteiger partial charge in [-0.2, -0.15) is 0 Å². The average Bonchev–Trinajstić information content (AvgIpc) is 2.88. The standard InChI is InChI=1S/C26H28N2O6S/c1-28(18-19-34-24-13-11-23(33-3)12-14-24)26(29)17-6-20-4-15-25(16-5-20)35(30,31)27-21-7-9-22(32-2)10-8-21/h4-17,27H,18-19H2,1-3H3. The molecule has 0 fully saturated rings. The van der Waals surface area contributed by atoms with Crippen LogP contribution in [-0.4, -0.2) is 53.6 Å². The lowest BCUT2D eigenvalue weighted by molar-refractivity contribution is -0.125. The third-order valence-electron chi connectivity index (χ3n) is 5.08. The summed E-state index contributed by atoms with van der Waals surface area (Å²) in [7, 11) is 1.08. The van der Waals surface area contributed by atoms with Crippen molar-refractivity contribution in [3.63, 3.8) is 0 Å². The molecule has 184 valence electrons. The molecule has 0 aliphatic rings. The van der Waals surface area contributed by atoms with Gasteiger partial charge in [0.2, 0.25) is 5.91 Å². The third-order valence-corrected chi connectivity index (χ3v) is 6.48.